The molecule has 0 unspecified atom stereocenters. The summed E-state index contributed by atoms with van der Waals surface area (Å²) >= 11 is 6.10. The van der Waals surface area contributed by atoms with Crippen molar-refractivity contribution in [1.29, 1.82) is 0 Å². The zero-order valence-electron chi connectivity index (χ0n) is 13.6. The number of nitrogens with one attached hydrogen (secondary N) is 1. The van der Waals surface area contributed by atoms with Crippen LogP contribution in [0.15, 0.2) is 44.4 Å². The summed E-state index contributed by atoms with van der Waals surface area (Å²) in [5.74, 6) is 1.73. The van der Waals surface area contributed by atoms with E-state index in [9.17, 15) is 0 Å². The Morgan fingerprint density at radius 2 is 2.15 bits per heavy atom. The molecule has 0 atom stereocenters. The third-order valence-electron chi connectivity index (χ3n) is 3.07. The van der Waals surface area contributed by atoms with Gasteiger partial charge in [-0.3, -0.25) is 0 Å². The van der Waals surface area contributed by atoms with Crippen LogP contribution in [0.25, 0.3) is 10.3 Å². The van der Waals surface area contributed by atoms with E-state index in [0.29, 0.717) is 0 Å². The lowest BCUT2D eigenvalue weighted by molar-refractivity contribution is 0.922. The van der Waals surface area contributed by atoms with E-state index in [2.05, 4.69) is 42.4 Å². The predicted molar refractivity (Wildman–Crippen MR) is 108 cm³/mol. The van der Waals surface area contributed by atoms with Crippen molar-refractivity contribution in [2.75, 3.05) is 11.1 Å². The van der Waals surface area contributed by atoms with Gasteiger partial charge in [0, 0.05) is 11.9 Å². The summed E-state index contributed by atoms with van der Waals surface area (Å²) in [6.07, 6.45) is 2.81. The van der Waals surface area contributed by atoms with Crippen molar-refractivity contribution in [1.82, 2.24) is 30.1 Å². The summed E-state index contributed by atoms with van der Waals surface area (Å²) in [7, 11) is 0. The molecule has 0 radical (unpaired) electrons. The summed E-state index contributed by atoms with van der Waals surface area (Å²) in [6, 6.07) is 5.71. The second-order valence-corrected chi connectivity index (χ2v) is 9.09. The Morgan fingerprint density at radius 1 is 1.19 bits per heavy atom. The fourth-order valence-electron chi connectivity index (χ4n) is 2.00. The van der Waals surface area contributed by atoms with Gasteiger partial charge in [-0.25, -0.2) is 19.9 Å². The van der Waals surface area contributed by atoms with Gasteiger partial charge in [-0.1, -0.05) is 47.4 Å². The molecule has 26 heavy (non-hydrogen) atoms. The smallest absolute Gasteiger partial charge is 0.191 e. The third kappa shape index (κ3) is 4.11. The molecule has 4 rings (SSSR count). The molecule has 4 aromatic heterocycles. The zero-order valence-corrected chi connectivity index (χ0v) is 16.9. The van der Waals surface area contributed by atoms with E-state index in [1.807, 2.05) is 18.2 Å². The monoisotopic (exact) mass is 419 g/mol. The third-order valence-corrected chi connectivity index (χ3v) is 6.74. The molecule has 0 aliphatic carbocycles. The van der Waals surface area contributed by atoms with E-state index in [0.717, 1.165) is 48.0 Å². The van der Waals surface area contributed by atoms with E-state index in [-0.39, 0.29) is 0 Å². The molecule has 0 bridgehead atoms. The highest BCUT2D eigenvalue weighted by Gasteiger charge is 2.16. The number of hydrogen-bond acceptors (Lipinski definition) is 11. The molecule has 0 saturated carbocycles. The fraction of sp³-hybridized carbons (Fsp3) is 0.200. The molecule has 4 aromatic rings. The average molecular weight is 420 g/mol. The first kappa shape index (κ1) is 17.6. The second kappa shape index (κ2) is 8.25. The van der Waals surface area contributed by atoms with E-state index in [1.165, 1.54) is 34.4 Å². The number of rotatable bonds is 7. The van der Waals surface area contributed by atoms with Crippen LogP contribution < -0.4 is 5.32 Å². The number of fused-ring (bicyclic) bond motifs is 1. The number of aromatic nitrogens is 6. The molecule has 4 heterocycles. The van der Waals surface area contributed by atoms with Crippen LogP contribution >= 0.6 is 46.2 Å². The molecule has 7 nitrogen and oxygen atoms in total. The lowest BCUT2D eigenvalue weighted by Gasteiger charge is -2.02. The quantitative estimate of drug-likeness (QED) is 0.259. The molecule has 0 fully saturated rings. The van der Waals surface area contributed by atoms with Gasteiger partial charge in [0.05, 0.1) is 0 Å². The minimum atomic E-state index is 0.741. The van der Waals surface area contributed by atoms with Gasteiger partial charge in [0.25, 0.3) is 0 Å². The number of anilines is 2. The van der Waals surface area contributed by atoms with Gasteiger partial charge < -0.3 is 5.32 Å². The molecule has 0 aromatic carbocycles. The predicted octanol–water partition coefficient (Wildman–Crippen LogP) is 4.73. The molecule has 0 aliphatic rings. The standard InChI is InChI=1S/C15H13N7S4/c1-2-7-23-13-20-11-10(12(21-13)26-15-22-17-8-24-15)19-14(25-11)18-9-5-3-4-6-16-9/h3-6,8H,2,7H2,1H3,(H,16,18,19). The highest BCUT2D eigenvalue weighted by molar-refractivity contribution is 8.01. The molecule has 0 spiro atoms. The Bertz CT molecular complexity index is 988. The average Bonchev–Trinajstić information content (AvgIpc) is 3.30. The van der Waals surface area contributed by atoms with Crippen molar-refractivity contribution in [2.45, 2.75) is 27.9 Å². The first-order valence-electron chi connectivity index (χ1n) is 7.75. The summed E-state index contributed by atoms with van der Waals surface area (Å²) in [4.78, 5) is 19.2. The molecule has 1 N–H and O–H groups in total. The SMILES string of the molecule is CCCSc1nc(Sc2nncs2)c2nc(Nc3ccccn3)sc2n1. The summed E-state index contributed by atoms with van der Waals surface area (Å²) < 4.78 is 0.837. The molecule has 132 valence electrons. The lowest BCUT2D eigenvalue weighted by Crippen LogP contribution is -1.93. The largest absolute Gasteiger partial charge is 0.316 e. The van der Waals surface area contributed by atoms with Crippen LogP contribution in [0.4, 0.5) is 10.9 Å². The number of hydrogen-bond donors (Lipinski definition) is 1. The Hall–Kier alpha value is -1.82. The van der Waals surface area contributed by atoms with Crippen molar-refractivity contribution in [3.8, 4) is 0 Å². The van der Waals surface area contributed by atoms with Gasteiger partial charge in [-0.2, -0.15) is 0 Å². The lowest BCUT2D eigenvalue weighted by atomic mass is 10.5. The number of pyridine rings is 1. The minimum absolute atomic E-state index is 0.741. The van der Waals surface area contributed by atoms with E-state index in [1.54, 1.807) is 23.5 Å². The van der Waals surface area contributed by atoms with Crippen molar-refractivity contribution in [2.24, 2.45) is 0 Å². The van der Waals surface area contributed by atoms with Crippen LogP contribution in [0.3, 0.4) is 0 Å². The van der Waals surface area contributed by atoms with Crippen LogP contribution in [-0.4, -0.2) is 35.9 Å². The number of thiazole rings is 1. The van der Waals surface area contributed by atoms with Gasteiger partial charge in [-0.15, -0.1) is 10.2 Å². The van der Waals surface area contributed by atoms with Gasteiger partial charge in [-0.05, 0) is 30.3 Å². The van der Waals surface area contributed by atoms with Crippen LogP contribution in [0.5, 0.6) is 0 Å². The van der Waals surface area contributed by atoms with Crippen LogP contribution in [0.1, 0.15) is 13.3 Å². The Kier molecular flexibility index (Phi) is 5.58. The molecule has 0 saturated heterocycles. The minimum Gasteiger partial charge on any atom is -0.316 e. The molecular weight excluding hydrogens is 406 g/mol. The topological polar surface area (TPSA) is 89.4 Å². The highest BCUT2D eigenvalue weighted by atomic mass is 32.2. The Labute approximate surface area is 166 Å². The first-order chi connectivity index (χ1) is 12.8. The summed E-state index contributed by atoms with van der Waals surface area (Å²) in [6.45, 7) is 2.14. The van der Waals surface area contributed by atoms with E-state index in [4.69, 9.17) is 0 Å². The van der Waals surface area contributed by atoms with Gasteiger partial charge in [0.1, 0.15) is 21.9 Å². The first-order valence-corrected chi connectivity index (χ1v) is 11.2. The van der Waals surface area contributed by atoms with Crippen molar-refractivity contribution < 1.29 is 0 Å². The Morgan fingerprint density at radius 3 is 2.92 bits per heavy atom. The van der Waals surface area contributed by atoms with Gasteiger partial charge in [0.15, 0.2) is 19.5 Å². The van der Waals surface area contributed by atoms with Gasteiger partial charge in [0.2, 0.25) is 0 Å². The normalized spacial score (nSPS) is 11.1. The maximum atomic E-state index is 4.69. The molecular formula is C15H13N7S4. The number of nitrogens with zero attached hydrogens (tertiary/aromatic N) is 6. The van der Waals surface area contributed by atoms with Crippen LogP contribution in [0, 0.1) is 0 Å². The van der Waals surface area contributed by atoms with Crippen molar-refractivity contribution >= 4 is 67.5 Å². The molecule has 11 heteroatoms. The van der Waals surface area contributed by atoms with E-state index >= 15 is 0 Å². The van der Waals surface area contributed by atoms with Crippen LogP contribution in [-0.2, 0) is 0 Å². The zero-order chi connectivity index (χ0) is 17.8. The van der Waals surface area contributed by atoms with E-state index < -0.39 is 0 Å². The highest BCUT2D eigenvalue weighted by Crippen LogP contribution is 2.37. The van der Waals surface area contributed by atoms with Crippen molar-refractivity contribution in [3.63, 3.8) is 0 Å². The number of thioether (sulfide) groups is 1. The fourth-order valence-corrected chi connectivity index (χ4v) is 5.18. The summed E-state index contributed by atoms with van der Waals surface area (Å²) in [5, 5.41) is 13.5. The maximum Gasteiger partial charge on any atom is 0.191 e. The Balaban J connectivity index is 1.71. The molecule has 0 aliphatic heterocycles. The summed E-state index contributed by atoms with van der Waals surface area (Å²) in [5.41, 5.74) is 2.48. The van der Waals surface area contributed by atoms with Crippen LogP contribution in [0.2, 0.25) is 0 Å². The van der Waals surface area contributed by atoms with Gasteiger partial charge >= 0.3 is 0 Å². The molecule has 0 amide bonds. The second-order valence-electron chi connectivity index (χ2n) is 4.98. The maximum absolute atomic E-state index is 4.69. The van der Waals surface area contributed by atoms with Crippen molar-refractivity contribution in [3.05, 3.63) is 29.9 Å².